The highest BCUT2D eigenvalue weighted by atomic mass is 35.5. The maximum absolute atomic E-state index is 9.32. The molecule has 0 aromatic heterocycles. The van der Waals surface area contributed by atoms with Crippen LogP contribution in [0, 0.1) is 17.2 Å². The zero-order valence-electron chi connectivity index (χ0n) is 13.2. The lowest BCUT2D eigenvalue weighted by molar-refractivity contribution is -0.0869. The van der Waals surface area contributed by atoms with Gasteiger partial charge in [-0.1, -0.05) is 17.7 Å². The highest BCUT2D eigenvalue weighted by Crippen LogP contribution is 2.36. The third-order valence-electron chi connectivity index (χ3n) is 4.15. The number of nitrogens with zero attached hydrogens (tertiary/aromatic N) is 2. The van der Waals surface area contributed by atoms with E-state index in [9.17, 15) is 5.26 Å². The van der Waals surface area contributed by atoms with Gasteiger partial charge in [-0.05, 0) is 46.2 Å². The lowest BCUT2D eigenvalue weighted by atomic mass is 9.90. The molecule has 114 valence electrons. The van der Waals surface area contributed by atoms with Crippen LogP contribution < -0.4 is 4.90 Å². The van der Waals surface area contributed by atoms with Gasteiger partial charge >= 0.3 is 0 Å². The predicted octanol–water partition coefficient (Wildman–Crippen LogP) is 4.24. The number of ether oxygens (including phenoxy) is 1. The van der Waals surface area contributed by atoms with Crippen LogP contribution in [-0.4, -0.2) is 24.8 Å². The monoisotopic (exact) mass is 306 g/mol. The van der Waals surface area contributed by atoms with Crippen molar-refractivity contribution in [3.63, 3.8) is 0 Å². The van der Waals surface area contributed by atoms with E-state index in [1.807, 2.05) is 12.1 Å². The molecular weight excluding hydrogens is 284 g/mol. The second-order valence-electron chi connectivity index (χ2n) is 6.45. The first-order valence-electron chi connectivity index (χ1n) is 7.46. The quantitative estimate of drug-likeness (QED) is 0.834. The molecule has 4 heteroatoms. The number of anilines is 1. The average molecular weight is 307 g/mol. The van der Waals surface area contributed by atoms with Crippen molar-refractivity contribution in [3.05, 3.63) is 28.8 Å². The van der Waals surface area contributed by atoms with Crippen molar-refractivity contribution in [2.45, 2.75) is 45.8 Å². The molecule has 3 nitrogen and oxygen atoms in total. The third kappa shape index (κ3) is 3.51. The third-order valence-corrected chi connectivity index (χ3v) is 4.47. The summed E-state index contributed by atoms with van der Waals surface area (Å²) in [5.41, 5.74) is 1.35. The maximum Gasteiger partial charge on any atom is 0.103 e. The van der Waals surface area contributed by atoms with Gasteiger partial charge < -0.3 is 9.64 Å². The molecule has 2 rings (SSSR count). The molecule has 0 bridgehead atoms. The smallest absolute Gasteiger partial charge is 0.103 e. The lowest BCUT2D eigenvalue weighted by Crippen LogP contribution is -2.38. The van der Waals surface area contributed by atoms with Crippen LogP contribution >= 0.6 is 11.6 Å². The molecule has 1 aromatic carbocycles. The Bertz CT molecular complexity index is 548. The van der Waals surface area contributed by atoms with Crippen LogP contribution in [-0.2, 0) is 4.74 Å². The summed E-state index contributed by atoms with van der Waals surface area (Å²) in [5.74, 6) is 0.449. The molecule has 0 aliphatic carbocycles. The van der Waals surface area contributed by atoms with E-state index >= 15 is 0 Å². The summed E-state index contributed by atoms with van der Waals surface area (Å²) in [6, 6.07) is 7.87. The summed E-state index contributed by atoms with van der Waals surface area (Å²) in [6.07, 6.45) is 1.28. The molecule has 0 radical (unpaired) electrons. The van der Waals surface area contributed by atoms with Gasteiger partial charge in [-0.15, -0.1) is 0 Å². The first-order chi connectivity index (χ1) is 9.85. The SMILES string of the molecule is CC(C)OC(C)(C)[C@H]1CCN(c2cccc(Cl)c2C#N)C1. The van der Waals surface area contributed by atoms with Crippen LogP contribution in [0.25, 0.3) is 0 Å². The predicted molar refractivity (Wildman–Crippen MR) is 86.8 cm³/mol. The molecule has 1 saturated heterocycles. The summed E-state index contributed by atoms with van der Waals surface area (Å²) in [4.78, 5) is 2.25. The normalized spacial score (nSPS) is 19.1. The van der Waals surface area contributed by atoms with Crippen molar-refractivity contribution in [2.75, 3.05) is 18.0 Å². The second kappa shape index (κ2) is 6.25. The van der Waals surface area contributed by atoms with E-state index in [0.717, 1.165) is 25.2 Å². The number of halogens is 1. The van der Waals surface area contributed by atoms with Crippen molar-refractivity contribution in [1.82, 2.24) is 0 Å². The molecule has 1 heterocycles. The Hall–Kier alpha value is -1.24. The molecule has 1 atom stereocenters. The number of rotatable bonds is 4. The average Bonchev–Trinajstić information content (AvgIpc) is 2.87. The van der Waals surface area contributed by atoms with Crippen LogP contribution in [0.3, 0.4) is 0 Å². The van der Waals surface area contributed by atoms with Gasteiger partial charge in [-0.3, -0.25) is 0 Å². The van der Waals surface area contributed by atoms with E-state index in [4.69, 9.17) is 16.3 Å². The highest BCUT2D eigenvalue weighted by Gasteiger charge is 2.37. The molecule has 21 heavy (non-hydrogen) atoms. The topological polar surface area (TPSA) is 36.3 Å². The van der Waals surface area contributed by atoms with Gasteiger partial charge in [0, 0.05) is 19.0 Å². The maximum atomic E-state index is 9.32. The standard InChI is InChI=1S/C17H23ClN2O/c1-12(2)21-17(3,4)13-8-9-20(11-13)16-7-5-6-15(18)14(16)10-19/h5-7,12-13H,8-9,11H2,1-4H3/t13-/m0/s1. The highest BCUT2D eigenvalue weighted by molar-refractivity contribution is 6.32. The molecule has 0 N–H and O–H groups in total. The van der Waals surface area contributed by atoms with Crippen molar-refractivity contribution in [2.24, 2.45) is 5.92 Å². The van der Waals surface area contributed by atoms with Gasteiger partial charge in [0.25, 0.3) is 0 Å². The van der Waals surface area contributed by atoms with Crippen LogP contribution in [0.5, 0.6) is 0 Å². The van der Waals surface area contributed by atoms with Gasteiger partial charge in [0.05, 0.1) is 28.0 Å². The summed E-state index contributed by atoms with van der Waals surface area (Å²) in [5, 5.41) is 9.84. The lowest BCUT2D eigenvalue weighted by Gasteiger charge is -2.34. The molecule has 0 unspecified atom stereocenters. The first-order valence-corrected chi connectivity index (χ1v) is 7.84. The van der Waals surface area contributed by atoms with Gasteiger partial charge in [0.15, 0.2) is 0 Å². The molecule has 0 spiro atoms. The minimum absolute atomic E-state index is 0.158. The number of benzene rings is 1. The van der Waals surface area contributed by atoms with E-state index in [-0.39, 0.29) is 11.7 Å². The minimum atomic E-state index is -0.158. The molecule has 1 aromatic rings. The van der Waals surface area contributed by atoms with Crippen LogP contribution in [0.2, 0.25) is 5.02 Å². The fraction of sp³-hybridized carbons (Fsp3) is 0.588. The van der Waals surface area contributed by atoms with E-state index in [1.165, 1.54) is 0 Å². The Labute approximate surface area is 132 Å². The Morgan fingerprint density at radius 3 is 2.76 bits per heavy atom. The Balaban J connectivity index is 2.17. The summed E-state index contributed by atoms with van der Waals surface area (Å²) in [6.45, 7) is 10.3. The molecule has 1 aliphatic heterocycles. The molecule has 0 amide bonds. The van der Waals surface area contributed by atoms with Crippen LogP contribution in [0.4, 0.5) is 5.69 Å². The fourth-order valence-electron chi connectivity index (χ4n) is 3.14. The Morgan fingerprint density at radius 2 is 2.14 bits per heavy atom. The van der Waals surface area contributed by atoms with Gasteiger partial charge in [0.2, 0.25) is 0 Å². The fourth-order valence-corrected chi connectivity index (χ4v) is 3.35. The zero-order chi connectivity index (χ0) is 15.6. The number of hydrogen-bond acceptors (Lipinski definition) is 3. The molecular formula is C17H23ClN2O. The van der Waals surface area contributed by atoms with Crippen molar-refractivity contribution < 1.29 is 4.74 Å². The molecule has 0 saturated carbocycles. The second-order valence-corrected chi connectivity index (χ2v) is 6.85. The van der Waals surface area contributed by atoms with Crippen LogP contribution in [0.1, 0.15) is 39.7 Å². The van der Waals surface area contributed by atoms with Crippen molar-refractivity contribution in [1.29, 1.82) is 5.26 Å². The van der Waals surface area contributed by atoms with Crippen molar-refractivity contribution >= 4 is 17.3 Å². The molecule has 1 aliphatic rings. The van der Waals surface area contributed by atoms with E-state index < -0.39 is 0 Å². The van der Waals surface area contributed by atoms with E-state index in [0.29, 0.717) is 16.5 Å². The van der Waals surface area contributed by atoms with Gasteiger partial charge in [0.1, 0.15) is 6.07 Å². The Kier molecular flexibility index (Phi) is 4.81. The number of hydrogen-bond donors (Lipinski definition) is 0. The first kappa shape index (κ1) is 16.1. The van der Waals surface area contributed by atoms with E-state index in [1.54, 1.807) is 6.07 Å². The summed E-state index contributed by atoms with van der Waals surface area (Å²) in [7, 11) is 0. The van der Waals surface area contributed by atoms with Gasteiger partial charge in [-0.2, -0.15) is 5.26 Å². The van der Waals surface area contributed by atoms with Crippen molar-refractivity contribution in [3.8, 4) is 6.07 Å². The largest absolute Gasteiger partial charge is 0.373 e. The van der Waals surface area contributed by atoms with Gasteiger partial charge in [-0.25, -0.2) is 0 Å². The zero-order valence-corrected chi connectivity index (χ0v) is 13.9. The Morgan fingerprint density at radius 1 is 1.43 bits per heavy atom. The minimum Gasteiger partial charge on any atom is -0.373 e. The summed E-state index contributed by atoms with van der Waals surface area (Å²) >= 11 is 6.13. The summed E-state index contributed by atoms with van der Waals surface area (Å²) < 4.78 is 6.07. The van der Waals surface area contributed by atoms with E-state index in [2.05, 4.69) is 38.7 Å². The number of nitriles is 1. The molecule has 1 fully saturated rings. The van der Waals surface area contributed by atoms with Crippen LogP contribution in [0.15, 0.2) is 18.2 Å².